The summed E-state index contributed by atoms with van der Waals surface area (Å²) in [5, 5.41) is 4.02. The molecule has 0 aliphatic carbocycles. The second-order valence-electron chi connectivity index (χ2n) is 5.39. The highest BCUT2D eigenvalue weighted by atomic mass is 32.2. The fourth-order valence-corrected chi connectivity index (χ4v) is 2.57. The summed E-state index contributed by atoms with van der Waals surface area (Å²) < 4.78 is 0. The molecule has 0 spiro atoms. The predicted molar refractivity (Wildman–Crippen MR) is 75.1 cm³/mol. The first-order valence-electron chi connectivity index (χ1n) is 6.55. The van der Waals surface area contributed by atoms with Gasteiger partial charge in [0.1, 0.15) is 0 Å². The van der Waals surface area contributed by atoms with Crippen LogP contribution in [0.5, 0.6) is 0 Å². The Balaban J connectivity index is 2.47. The van der Waals surface area contributed by atoms with Gasteiger partial charge in [-0.2, -0.15) is 11.8 Å². The van der Waals surface area contributed by atoms with E-state index in [0.717, 1.165) is 19.4 Å². The van der Waals surface area contributed by atoms with Crippen molar-refractivity contribution in [3.05, 3.63) is 0 Å². The molecule has 1 heterocycles. The number of amides is 1. The van der Waals surface area contributed by atoms with Crippen LogP contribution in [0.3, 0.4) is 0 Å². The molecule has 0 aromatic rings. The Hall–Kier alpha value is -0.220. The van der Waals surface area contributed by atoms with Crippen molar-refractivity contribution in [2.24, 2.45) is 5.92 Å². The number of carbonyl (C=O) groups excluding carboxylic acids is 1. The van der Waals surface area contributed by atoms with E-state index in [1.165, 1.54) is 0 Å². The van der Waals surface area contributed by atoms with Crippen LogP contribution in [0, 0.1) is 5.92 Å². The number of thioether (sulfide) groups is 1. The summed E-state index contributed by atoms with van der Waals surface area (Å²) in [5.74, 6) is 0.855. The smallest absolute Gasteiger partial charge is 0.241 e. The van der Waals surface area contributed by atoms with Gasteiger partial charge in [0, 0.05) is 11.8 Å². The molecule has 3 nitrogen and oxygen atoms in total. The van der Waals surface area contributed by atoms with E-state index >= 15 is 0 Å². The van der Waals surface area contributed by atoms with Crippen molar-refractivity contribution in [1.82, 2.24) is 10.2 Å². The monoisotopic (exact) mass is 258 g/mol. The van der Waals surface area contributed by atoms with Gasteiger partial charge in [0.25, 0.3) is 0 Å². The number of hydrogen-bond acceptors (Lipinski definition) is 3. The van der Waals surface area contributed by atoms with Crippen LogP contribution in [-0.2, 0) is 4.79 Å². The van der Waals surface area contributed by atoms with Gasteiger partial charge < -0.3 is 4.90 Å². The average Bonchev–Trinajstić information content (AvgIpc) is 2.51. The van der Waals surface area contributed by atoms with E-state index in [9.17, 15) is 4.79 Å². The van der Waals surface area contributed by atoms with Gasteiger partial charge in [0.15, 0.2) is 0 Å². The fraction of sp³-hybridized carbons (Fsp3) is 0.923. The van der Waals surface area contributed by atoms with Crippen LogP contribution in [0.25, 0.3) is 0 Å². The van der Waals surface area contributed by atoms with Crippen LogP contribution in [0.15, 0.2) is 0 Å². The SMILES string of the molecule is CSC(C)CCN1C(=O)C(CC(C)C)NC1C. The molecular weight excluding hydrogens is 232 g/mol. The third-order valence-electron chi connectivity index (χ3n) is 3.38. The van der Waals surface area contributed by atoms with Crippen molar-refractivity contribution in [3.8, 4) is 0 Å². The Kier molecular flexibility index (Phi) is 5.80. The van der Waals surface area contributed by atoms with Crippen LogP contribution >= 0.6 is 11.8 Å². The van der Waals surface area contributed by atoms with E-state index in [4.69, 9.17) is 0 Å². The van der Waals surface area contributed by atoms with Crippen LogP contribution < -0.4 is 5.32 Å². The summed E-state index contributed by atoms with van der Waals surface area (Å²) in [4.78, 5) is 14.2. The second kappa shape index (κ2) is 6.64. The first-order chi connectivity index (χ1) is 7.95. The number of nitrogens with one attached hydrogen (secondary N) is 1. The van der Waals surface area contributed by atoms with Crippen molar-refractivity contribution in [1.29, 1.82) is 0 Å². The molecule has 3 atom stereocenters. The molecule has 0 radical (unpaired) electrons. The van der Waals surface area contributed by atoms with Crippen molar-refractivity contribution in [2.45, 2.75) is 58.0 Å². The van der Waals surface area contributed by atoms with Gasteiger partial charge in [0.2, 0.25) is 5.91 Å². The second-order valence-corrected chi connectivity index (χ2v) is 6.67. The summed E-state index contributed by atoms with van der Waals surface area (Å²) in [6, 6.07) is 0.0367. The van der Waals surface area contributed by atoms with E-state index in [0.29, 0.717) is 17.1 Å². The first-order valence-corrected chi connectivity index (χ1v) is 7.83. The van der Waals surface area contributed by atoms with Crippen LogP contribution in [0.4, 0.5) is 0 Å². The summed E-state index contributed by atoms with van der Waals surface area (Å²) in [6.45, 7) is 9.51. The van der Waals surface area contributed by atoms with Crippen LogP contribution in [0.1, 0.15) is 40.5 Å². The summed E-state index contributed by atoms with van der Waals surface area (Å²) in [7, 11) is 0. The van der Waals surface area contributed by atoms with E-state index < -0.39 is 0 Å². The first kappa shape index (κ1) is 14.8. The molecule has 1 N–H and O–H groups in total. The largest absolute Gasteiger partial charge is 0.326 e. The molecule has 1 saturated heterocycles. The number of nitrogens with zero attached hydrogens (tertiary/aromatic N) is 1. The predicted octanol–water partition coefficient (Wildman–Crippen LogP) is 2.32. The zero-order chi connectivity index (χ0) is 13.0. The molecule has 1 fully saturated rings. The maximum atomic E-state index is 12.2. The molecule has 100 valence electrons. The van der Waals surface area contributed by atoms with Crippen LogP contribution in [0.2, 0.25) is 0 Å². The van der Waals surface area contributed by atoms with Gasteiger partial charge >= 0.3 is 0 Å². The minimum atomic E-state index is 0.0367. The normalized spacial score (nSPS) is 26.9. The number of hydrogen-bond donors (Lipinski definition) is 1. The average molecular weight is 258 g/mol. The third kappa shape index (κ3) is 4.18. The van der Waals surface area contributed by atoms with Crippen molar-refractivity contribution in [3.63, 3.8) is 0 Å². The van der Waals surface area contributed by atoms with E-state index in [1.807, 2.05) is 16.7 Å². The molecule has 1 aliphatic rings. The molecule has 0 saturated carbocycles. The Morgan fingerprint density at radius 1 is 1.41 bits per heavy atom. The summed E-state index contributed by atoms with van der Waals surface area (Å²) in [6.07, 6.45) is 4.34. The van der Waals surface area contributed by atoms with Gasteiger partial charge in [-0.15, -0.1) is 0 Å². The Morgan fingerprint density at radius 3 is 2.59 bits per heavy atom. The van der Waals surface area contributed by atoms with E-state index in [1.54, 1.807) is 0 Å². The highest BCUT2D eigenvalue weighted by molar-refractivity contribution is 7.99. The summed E-state index contributed by atoms with van der Waals surface area (Å²) >= 11 is 1.86. The van der Waals surface area contributed by atoms with Crippen molar-refractivity contribution >= 4 is 17.7 Å². The van der Waals surface area contributed by atoms with E-state index in [2.05, 4.69) is 39.3 Å². The van der Waals surface area contributed by atoms with Gasteiger partial charge in [-0.3, -0.25) is 10.1 Å². The number of rotatable bonds is 6. The zero-order valence-electron chi connectivity index (χ0n) is 11.7. The van der Waals surface area contributed by atoms with Gasteiger partial charge in [-0.05, 0) is 31.9 Å². The molecule has 4 heteroatoms. The quantitative estimate of drug-likeness (QED) is 0.793. The highest BCUT2D eigenvalue weighted by Gasteiger charge is 2.36. The maximum absolute atomic E-state index is 12.2. The standard InChI is InChI=1S/C13H26N2OS/c1-9(2)8-12-13(16)15(11(4)14-12)7-6-10(3)17-5/h9-12,14H,6-8H2,1-5H3. The molecule has 1 rings (SSSR count). The topological polar surface area (TPSA) is 32.3 Å². The minimum Gasteiger partial charge on any atom is -0.326 e. The molecule has 1 aliphatic heterocycles. The Morgan fingerprint density at radius 2 is 2.06 bits per heavy atom. The number of carbonyl (C=O) groups is 1. The molecule has 0 aromatic heterocycles. The van der Waals surface area contributed by atoms with Gasteiger partial charge in [-0.25, -0.2) is 0 Å². The Labute approximate surface area is 110 Å². The molecule has 1 amide bonds. The molecule has 0 aromatic carbocycles. The lowest BCUT2D eigenvalue weighted by molar-refractivity contribution is -0.130. The van der Waals surface area contributed by atoms with Crippen LogP contribution in [-0.4, -0.2) is 41.1 Å². The molecule has 17 heavy (non-hydrogen) atoms. The lowest BCUT2D eigenvalue weighted by Gasteiger charge is -2.22. The summed E-state index contributed by atoms with van der Waals surface area (Å²) in [5.41, 5.74) is 0. The van der Waals surface area contributed by atoms with Gasteiger partial charge in [-0.1, -0.05) is 20.8 Å². The Bertz CT molecular complexity index is 258. The maximum Gasteiger partial charge on any atom is 0.241 e. The lowest BCUT2D eigenvalue weighted by atomic mass is 10.0. The fourth-order valence-electron chi connectivity index (χ4n) is 2.23. The van der Waals surface area contributed by atoms with Crippen molar-refractivity contribution < 1.29 is 4.79 Å². The van der Waals surface area contributed by atoms with E-state index in [-0.39, 0.29) is 12.2 Å². The molecule has 0 bridgehead atoms. The van der Waals surface area contributed by atoms with Gasteiger partial charge in [0.05, 0.1) is 12.2 Å². The van der Waals surface area contributed by atoms with Crippen molar-refractivity contribution in [2.75, 3.05) is 12.8 Å². The highest BCUT2D eigenvalue weighted by Crippen LogP contribution is 2.19. The lowest BCUT2D eigenvalue weighted by Crippen LogP contribution is -2.36. The zero-order valence-corrected chi connectivity index (χ0v) is 12.5. The third-order valence-corrected chi connectivity index (χ3v) is 4.42. The molecular formula is C13H26N2OS. The molecule has 3 unspecified atom stereocenters. The minimum absolute atomic E-state index is 0.0367.